The Labute approximate surface area is 134 Å². The number of nitrogens with one attached hydrogen (secondary N) is 1. The van der Waals surface area contributed by atoms with Crippen molar-refractivity contribution >= 4 is 46.6 Å². The second-order valence-corrected chi connectivity index (χ2v) is 8.34. The molecule has 106 valence electrons. The lowest BCUT2D eigenvalue weighted by Crippen LogP contribution is -2.38. The summed E-state index contributed by atoms with van der Waals surface area (Å²) in [7, 11) is 0. The van der Waals surface area contributed by atoms with Crippen molar-refractivity contribution in [1.29, 1.82) is 0 Å². The molecule has 0 saturated heterocycles. The topological polar surface area (TPSA) is 12.0 Å². The zero-order valence-corrected chi connectivity index (χ0v) is 14.1. The minimum absolute atomic E-state index is 0.113. The van der Waals surface area contributed by atoms with Crippen LogP contribution in [-0.4, -0.2) is 22.1 Å². The molecule has 1 aliphatic rings. The van der Waals surface area contributed by atoms with Gasteiger partial charge in [-0.1, -0.05) is 53.9 Å². The van der Waals surface area contributed by atoms with E-state index < -0.39 is 3.79 Å². The molecule has 0 amide bonds. The molecule has 1 aromatic carbocycles. The molecule has 0 aromatic heterocycles. The lowest BCUT2D eigenvalue weighted by Gasteiger charge is -2.31. The van der Waals surface area contributed by atoms with Crippen LogP contribution in [0, 0.1) is 0 Å². The lowest BCUT2D eigenvalue weighted by molar-refractivity contribution is 0.473. The van der Waals surface area contributed by atoms with Gasteiger partial charge in [-0.25, -0.2) is 0 Å². The number of fused-ring (bicyclic) bond motifs is 1. The van der Waals surface area contributed by atoms with Crippen molar-refractivity contribution in [1.82, 2.24) is 5.32 Å². The molecule has 0 fully saturated rings. The fourth-order valence-electron chi connectivity index (χ4n) is 2.58. The van der Waals surface area contributed by atoms with E-state index >= 15 is 0 Å². The largest absolute Gasteiger partial charge is 0.314 e. The zero-order valence-electron chi connectivity index (χ0n) is 11.1. The van der Waals surface area contributed by atoms with Crippen LogP contribution in [0.2, 0.25) is 0 Å². The van der Waals surface area contributed by atoms with E-state index in [9.17, 15) is 0 Å². The summed E-state index contributed by atoms with van der Waals surface area (Å²) in [5.41, 5.74) is 2.51. The van der Waals surface area contributed by atoms with Crippen LogP contribution < -0.4 is 5.32 Å². The standard InChI is InChI=1S/C14H18Cl3NS/c1-3-18-9(2)13(14(15,16)17)11-5-4-10-6-7-19-12(10)8-11/h4-5,8-9,13,18H,3,6-7H2,1-2H3. The Hall–Kier alpha value is 0.400. The van der Waals surface area contributed by atoms with Crippen LogP contribution in [-0.2, 0) is 6.42 Å². The summed E-state index contributed by atoms with van der Waals surface area (Å²) in [6.07, 6.45) is 1.14. The predicted octanol–water partition coefficient (Wildman–Crippen LogP) is 4.79. The Balaban J connectivity index is 2.33. The first-order valence-corrected chi connectivity index (χ1v) is 8.61. The van der Waals surface area contributed by atoms with E-state index in [1.165, 1.54) is 10.5 Å². The highest BCUT2D eigenvalue weighted by molar-refractivity contribution is 7.99. The smallest absolute Gasteiger partial charge is 0.198 e. The van der Waals surface area contributed by atoms with E-state index in [1.54, 1.807) is 0 Å². The molecule has 0 bridgehead atoms. The van der Waals surface area contributed by atoms with Crippen LogP contribution in [0.1, 0.15) is 30.9 Å². The monoisotopic (exact) mass is 337 g/mol. The Morgan fingerprint density at radius 1 is 1.37 bits per heavy atom. The van der Waals surface area contributed by atoms with Crippen molar-refractivity contribution < 1.29 is 0 Å². The van der Waals surface area contributed by atoms with Gasteiger partial charge in [-0.05, 0) is 37.1 Å². The molecule has 1 N–H and O–H groups in total. The number of likely N-dealkylation sites (N-methyl/N-ethyl adjacent to an activating group) is 1. The maximum atomic E-state index is 6.20. The molecule has 0 radical (unpaired) electrons. The van der Waals surface area contributed by atoms with Gasteiger partial charge in [0.15, 0.2) is 3.79 Å². The van der Waals surface area contributed by atoms with Gasteiger partial charge in [-0.15, -0.1) is 11.8 Å². The summed E-state index contributed by atoms with van der Waals surface area (Å²) >= 11 is 20.5. The highest BCUT2D eigenvalue weighted by atomic mass is 35.6. The average Bonchev–Trinajstić information content (AvgIpc) is 2.74. The minimum atomic E-state index is -1.31. The molecule has 0 saturated carbocycles. The van der Waals surface area contributed by atoms with Gasteiger partial charge in [0.1, 0.15) is 0 Å². The van der Waals surface area contributed by atoms with Crippen molar-refractivity contribution in [3.05, 3.63) is 29.3 Å². The fourth-order valence-corrected chi connectivity index (χ4v) is 4.64. The molecule has 5 heteroatoms. The Morgan fingerprint density at radius 2 is 2.11 bits per heavy atom. The fraction of sp³-hybridized carbons (Fsp3) is 0.571. The third-order valence-corrected chi connectivity index (χ3v) is 5.26. The maximum Gasteiger partial charge on any atom is 0.198 e. The molecular formula is C14H18Cl3NS. The van der Waals surface area contributed by atoms with Crippen molar-refractivity contribution in [3.8, 4) is 0 Å². The van der Waals surface area contributed by atoms with Crippen LogP contribution in [0.3, 0.4) is 0 Å². The van der Waals surface area contributed by atoms with E-state index in [1.807, 2.05) is 11.8 Å². The van der Waals surface area contributed by atoms with Gasteiger partial charge >= 0.3 is 0 Å². The quantitative estimate of drug-likeness (QED) is 0.792. The van der Waals surface area contributed by atoms with Crippen LogP contribution in [0.4, 0.5) is 0 Å². The highest BCUT2D eigenvalue weighted by Crippen LogP contribution is 2.45. The predicted molar refractivity (Wildman–Crippen MR) is 87.0 cm³/mol. The number of aryl methyl sites for hydroxylation is 1. The number of benzene rings is 1. The molecule has 19 heavy (non-hydrogen) atoms. The number of rotatable bonds is 4. The highest BCUT2D eigenvalue weighted by Gasteiger charge is 2.38. The van der Waals surface area contributed by atoms with E-state index in [0.29, 0.717) is 0 Å². The van der Waals surface area contributed by atoms with Crippen LogP contribution in [0.15, 0.2) is 23.1 Å². The van der Waals surface area contributed by atoms with Gasteiger partial charge in [-0.2, -0.15) is 0 Å². The van der Waals surface area contributed by atoms with E-state index in [2.05, 4.69) is 37.4 Å². The van der Waals surface area contributed by atoms with Crippen molar-refractivity contribution in [2.45, 2.75) is 40.9 Å². The van der Waals surface area contributed by atoms with Crippen molar-refractivity contribution in [2.24, 2.45) is 0 Å². The van der Waals surface area contributed by atoms with Crippen LogP contribution in [0.5, 0.6) is 0 Å². The molecule has 1 heterocycles. The number of halogens is 3. The van der Waals surface area contributed by atoms with Gasteiger partial charge in [0.25, 0.3) is 0 Å². The lowest BCUT2D eigenvalue weighted by atomic mass is 9.92. The number of hydrogen-bond acceptors (Lipinski definition) is 2. The average molecular weight is 339 g/mol. The third kappa shape index (κ3) is 3.74. The summed E-state index contributed by atoms with van der Waals surface area (Å²) < 4.78 is -1.31. The second-order valence-electron chi connectivity index (χ2n) is 4.83. The van der Waals surface area contributed by atoms with E-state index in [-0.39, 0.29) is 12.0 Å². The molecule has 2 atom stereocenters. The second kappa shape index (κ2) is 6.44. The van der Waals surface area contributed by atoms with Crippen LogP contribution >= 0.6 is 46.6 Å². The molecule has 2 rings (SSSR count). The molecule has 1 aliphatic heterocycles. The Morgan fingerprint density at radius 3 is 2.74 bits per heavy atom. The Kier molecular flexibility index (Phi) is 5.35. The van der Waals surface area contributed by atoms with Gasteiger partial charge in [0, 0.05) is 22.6 Å². The SMILES string of the molecule is CCNC(C)C(c1ccc2c(c1)SCC2)C(Cl)(Cl)Cl. The molecule has 0 aliphatic carbocycles. The molecule has 0 spiro atoms. The normalized spacial score (nSPS) is 18.2. The third-order valence-electron chi connectivity index (χ3n) is 3.46. The molecule has 2 unspecified atom stereocenters. The number of thioether (sulfide) groups is 1. The number of alkyl halides is 3. The molecule has 1 aromatic rings. The van der Waals surface area contributed by atoms with Crippen molar-refractivity contribution in [3.63, 3.8) is 0 Å². The maximum absolute atomic E-state index is 6.20. The first kappa shape index (κ1) is 15.8. The van der Waals surface area contributed by atoms with Gasteiger partial charge in [-0.3, -0.25) is 0 Å². The van der Waals surface area contributed by atoms with Crippen LogP contribution in [0.25, 0.3) is 0 Å². The van der Waals surface area contributed by atoms with Gasteiger partial charge in [0.2, 0.25) is 0 Å². The molecule has 1 nitrogen and oxygen atoms in total. The minimum Gasteiger partial charge on any atom is -0.314 e. The summed E-state index contributed by atoms with van der Waals surface area (Å²) in [5.74, 6) is 1.00. The summed E-state index contributed by atoms with van der Waals surface area (Å²) in [5, 5.41) is 3.36. The summed E-state index contributed by atoms with van der Waals surface area (Å²) in [6, 6.07) is 6.58. The first-order chi connectivity index (χ1) is 8.93. The summed E-state index contributed by atoms with van der Waals surface area (Å²) in [4.78, 5) is 1.33. The number of hydrogen-bond donors (Lipinski definition) is 1. The van der Waals surface area contributed by atoms with Gasteiger partial charge in [0.05, 0.1) is 0 Å². The van der Waals surface area contributed by atoms with Crippen molar-refractivity contribution in [2.75, 3.05) is 12.3 Å². The summed E-state index contributed by atoms with van der Waals surface area (Å²) in [6.45, 7) is 4.99. The van der Waals surface area contributed by atoms with Gasteiger partial charge < -0.3 is 5.32 Å². The van der Waals surface area contributed by atoms with E-state index in [4.69, 9.17) is 34.8 Å². The first-order valence-electron chi connectivity index (χ1n) is 6.49. The zero-order chi connectivity index (χ0) is 14.0. The Bertz CT molecular complexity index is 445. The van der Waals surface area contributed by atoms with E-state index in [0.717, 1.165) is 24.3 Å². The molecular weight excluding hydrogens is 321 g/mol.